The molecule has 0 bridgehead atoms. The number of nitrogens with one attached hydrogen (secondary N) is 2. The molecule has 0 aromatic heterocycles. The molecule has 1 fully saturated rings. The molecule has 0 unspecified atom stereocenters. The first-order valence-electron chi connectivity index (χ1n) is 7.51. The third kappa shape index (κ3) is 2.81. The number of imide groups is 1. The quantitative estimate of drug-likeness (QED) is 0.779. The monoisotopic (exact) mass is 303 g/mol. The Morgan fingerprint density at radius 3 is 2.50 bits per heavy atom. The summed E-state index contributed by atoms with van der Waals surface area (Å²) in [5, 5.41) is 5.42. The van der Waals surface area contributed by atoms with E-state index in [9.17, 15) is 14.4 Å². The molecule has 1 saturated heterocycles. The molecule has 0 spiro atoms. The predicted octanol–water partition coefficient (Wildman–Crippen LogP) is 1.37. The third-order valence-corrected chi connectivity index (χ3v) is 3.85. The minimum atomic E-state index is -1.08. The van der Waals surface area contributed by atoms with Gasteiger partial charge in [-0.25, -0.2) is 4.79 Å². The van der Waals surface area contributed by atoms with E-state index >= 15 is 0 Å². The molecule has 22 heavy (non-hydrogen) atoms. The topological polar surface area (TPSA) is 78.5 Å². The Morgan fingerprint density at radius 2 is 1.91 bits per heavy atom. The van der Waals surface area contributed by atoms with Crippen LogP contribution in [-0.2, 0) is 15.1 Å². The van der Waals surface area contributed by atoms with Gasteiger partial charge < -0.3 is 10.6 Å². The molecule has 1 aliphatic rings. The number of urea groups is 1. The van der Waals surface area contributed by atoms with Gasteiger partial charge in [-0.15, -0.1) is 0 Å². The van der Waals surface area contributed by atoms with Crippen LogP contribution < -0.4 is 10.6 Å². The normalized spacial score (nSPS) is 20.9. The van der Waals surface area contributed by atoms with Crippen molar-refractivity contribution in [3.05, 3.63) is 35.9 Å². The summed E-state index contributed by atoms with van der Waals surface area (Å²) in [5.74, 6) is -0.705. The van der Waals surface area contributed by atoms with E-state index < -0.39 is 11.6 Å². The molecule has 0 radical (unpaired) electrons. The lowest BCUT2D eigenvalue weighted by Gasteiger charge is -2.25. The van der Waals surface area contributed by atoms with Gasteiger partial charge in [0.2, 0.25) is 5.91 Å². The SMILES string of the molecule is CCCNC(=O)CN1C(=O)N[C@](CC)(c2ccccc2)C1=O. The van der Waals surface area contributed by atoms with Crippen LogP contribution in [0.3, 0.4) is 0 Å². The van der Waals surface area contributed by atoms with E-state index in [0.717, 1.165) is 16.9 Å². The Labute approximate surface area is 129 Å². The average molecular weight is 303 g/mol. The summed E-state index contributed by atoms with van der Waals surface area (Å²) in [5.41, 5.74) is -0.351. The highest BCUT2D eigenvalue weighted by atomic mass is 16.2. The number of carbonyl (C=O) groups excluding carboxylic acids is 3. The van der Waals surface area contributed by atoms with E-state index in [1.54, 1.807) is 0 Å². The molecule has 118 valence electrons. The highest BCUT2D eigenvalue weighted by Gasteiger charge is 2.51. The summed E-state index contributed by atoms with van der Waals surface area (Å²) in [4.78, 5) is 37.7. The molecule has 1 aromatic rings. The van der Waals surface area contributed by atoms with E-state index in [2.05, 4.69) is 10.6 Å². The summed E-state index contributed by atoms with van der Waals surface area (Å²) in [6.07, 6.45) is 1.23. The van der Waals surface area contributed by atoms with Crippen LogP contribution >= 0.6 is 0 Å². The molecule has 2 N–H and O–H groups in total. The van der Waals surface area contributed by atoms with Crippen molar-refractivity contribution in [2.24, 2.45) is 0 Å². The van der Waals surface area contributed by atoms with Crippen LogP contribution in [0.1, 0.15) is 32.3 Å². The molecule has 2 rings (SSSR count). The fourth-order valence-corrected chi connectivity index (χ4v) is 2.60. The zero-order valence-corrected chi connectivity index (χ0v) is 12.9. The fraction of sp³-hybridized carbons (Fsp3) is 0.438. The lowest BCUT2D eigenvalue weighted by atomic mass is 9.87. The number of rotatable bonds is 6. The van der Waals surface area contributed by atoms with E-state index in [4.69, 9.17) is 0 Å². The second kappa shape index (κ2) is 6.60. The molecule has 1 atom stereocenters. The second-order valence-corrected chi connectivity index (χ2v) is 5.30. The third-order valence-electron chi connectivity index (χ3n) is 3.85. The lowest BCUT2D eigenvalue weighted by Crippen LogP contribution is -2.44. The highest BCUT2D eigenvalue weighted by molar-refractivity contribution is 6.09. The van der Waals surface area contributed by atoms with Crippen molar-refractivity contribution in [3.8, 4) is 0 Å². The fourth-order valence-electron chi connectivity index (χ4n) is 2.60. The van der Waals surface area contributed by atoms with Crippen LogP contribution in [0.25, 0.3) is 0 Å². The molecule has 0 saturated carbocycles. The zero-order chi connectivity index (χ0) is 16.2. The predicted molar refractivity (Wildman–Crippen MR) is 82.0 cm³/mol. The number of nitrogens with zero attached hydrogens (tertiary/aromatic N) is 1. The van der Waals surface area contributed by atoms with E-state index in [0.29, 0.717) is 13.0 Å². The molecule has 1 heterocycles. The first-order chi connectivity index (χ1) is 10.5. The van der Waals surface area contributed by atoms with Crippen molar-refractivity contribution in [3.63, 3.8) is 0 Å². The Kier molecular flexibility index (Phi) is 4.80. The molecule has 1 aromatic carbocycles. The Bertz CT molecular complexity index is 573. The van der Waals surface area contributed by atoms with Crippen LogP contribution in [0, 0.1) is 0 Å². The van der Waals surface area contributed by atoms with Gasteiger partial charge in [0, 0.05) is 6.54 Å². The van der Waals surface area contributed by atoms with Crippen LogP contribution in [0.5, 0.6) is 0 Å². The van der Waals surface area contributed by atoms with E-state index in [1.165, 1.54) is 0 Å². The van der Waals surface area contributed by atoms with Gasteiger partial charge in [0.1, 0.15) is 12.1 Å². The minimum absolute atomic E-state index is 0.251. The summed E-state index contributed by atoms with van der Waals surface area (Å²) in [6, 6.07) is 8.59. The van der Waals surface area contributed by atoms with Gasteiger partial charge >= 0.3 is 6.03 Å². The number of amides is 4. The second-order valence-electron chi connectivity index (χ2n) is 5.30. The van der Waals surface area contributed by atoms with Crippen LogP contribution in [-0.4, -0.2) is 35.8 Å². The van der Waals surface area contributed by atoms with E-state index in [1.807, 2.05) is 44.2 Å². The number of benzene rings is 1. The summed E-state index contributed by atoms with van der Waals surface area (Å²) in [7, 11) is 0. The van der Waals surface area contributed by atoms with Gasteiger partial charge in [-0.2, -0.15) is 0 Å². The maximum Gasteiger partial charge on any atom is 0.325 e. The van der Waals surface area contributed by atoms with Crippen molar-refractivity contribution in [1.82, 2.24) is 15.5 Å². The van der Waals surface area contributed by atoms with Crippen molar-refractivity contribution in [2.45, 2.75) is 32.2 Å². The van der Waals surface area contributed by atoms with Crippen molar-refractivity contribution in [1.29, 1.82) is 0 Å². The highest BCUT2D eigenvalue weighted by Crippen LogP contribution is 2.32. The molecule has 6 nitrogen and oxygen atoms in total. The summed E-state index contributed by atoms with van der Waals surface area (Å²) >= 11 is 0. The standard InChI is InChI=1S/C16H21N3O3/c1-3-10-17-13(20)11-19-14(21)16(4-2,18-15(19)22)12-8-6-5-7-9-12/h5-9H,3-4,10-11H2,1-2H3,(H,17,20)(H,18,22)/t16-/m1/s1. The van der Waals surface area contributed by atoms with Crippen molar-refractivity contribution >= 4 is 17.8 Å². The molecule has 4 amide bonds. The lowest BCUT2D eigenvalue weighted by molar-refractivity contribution is -0.135. The molecule has 6 heteroatoms. The van der Waals surface area contributed by atoms with Gasteiger partial charge in [-0.3, -0.25) is 14.5 Å². The maximum absolute atomic E-state index is 12.7. The summed E-state index contributed by atoms with van der Waals surface area (Å²) in [6.45, 7) is 4.05. The first-order valence-corrected chi connectivity index (χ1v) is 7.51. The van der Waals surface area contributed by atoms with Gasteiger partial charge in [0.15, 0.2) is 0 Å². The van der Waals surface area contributed by atoms with Gasteiger partial charge in [-0.05, 0) is 18.4 Å². The maximum atomic E-state index is 12.7. The van der Waals surface area contributed by atoms with Crippen LogP contribution in [0.2, 0.25) is 0 Å². The number of hydrogen-bond donors (Lipinski definition) is 2. The number of hydrogen-bond acceptors (Lipinski definition) is 3. The van der Waals surface area contributed by atoms with Crippen molar-refractivity contribution in [2.75, 3.05) is 13.1 Å². The van der Waals surface area contributed by atoms with Crippen LogP contribution in [0.4, 0.5) is 4.79 Å². The van der Waals surface area contributed by atoms with Gasteiger partial charge in [0.05, 0.1) is 0 Å². The largest absolute Gasteiger partial charge is 0.355 e. The zero-order valence-electron chi connectivity index (χ0n) is 12.9. The Hall–Kier alpha value is -2.37. The molecule has 1 aliphatic heterocycles. The minimum Gasteiger partial charge on any atom is -0.355 e. The van der Waals surface area contributed by atoms with Gasteiger partial charge in [-0.1, -0.05) is 44.2 Å². The molecular formula is C16H21N3O3. The average Bonchev–Trinajstić information content (AvgIpc) is 2.79. The van der Waals surface area contributed by atoms with Gasteiger partial charge in [0.25, 0.3) is 5.91 Å². The first kappa shape index (κ1) is 16.0. The molecule has 0 aliphatic carbocycles. The molecular weight excluding hydrogens is 282 g/mol. The Morgan fingerprint density at radius 1 is 1.23 bits per heavy atom. The number of carbonyl (C=O) groups is 3. The van der Waals surface area contributed by atoms with Crippen LogP contribution in [0.15, 0.2) is 30.3 Å². The summed E-state index contributed by atoms with van der Waals surface area (Å²) < 4.78 is 0. The van der Waals surface area contributed by atoms with E-state index in [-0.39, 0.29) is 18.4 Å². The smallest absolute Gasteiger partial charge is 0.325 e. The Balaban J connectivity index is 2.22. The van der Waals surface area contributed by atoms with Crippen molar-refractivity contribution < 1.29 is 14.4 Å².